The molecule has 0 aromatic heterocycles. The summed E-state index contributed by atoms with van der Waals surface area (Å²) in [6, 6.07) is 9.27. The number of rotatable bonds is 7. The van der Waals surface area contributed by atoms with Crippen molar-refractivity contribution >= 4 is 11.8 Å². The van der Waals surface area contributed by atoms with E-state index in [-0.39, 0.29) is 49.5 Å². The van der Waals surface area contributed by atoms with Crippen LogP contribution in [0.1, 0.15) is 57.1 Å². The molecule has 0 radical (unpaired) electrons. The molecule has 6 heteroatoms. The van der Waals surface area contributed by atoms with Crippen molar-refractivity contribution in [2.75, 3.05) is 6.54 Å². The number of amides is 2. The highest BCUT2D eigenvalue weighted by atomic mass is 19.3. The van der Waals surface area contributed by atoms with Crippen molar-refractivity contribution in [3.05, 3.63) is 35.9 Å². The van der Waals surface area contributed by atoms with Gasteiger partial charge in [0.1, 0.15) is 0 Å². The van der Waals surface area contributed by atoms with Crippen molar-refractivity contribution in [2.24, 2.45) is 5.92 Å². The zero-order valence-corrected chi connectivity index (χ0v) is 14.6. The molecular weight excluding hydrogens is 326 g/mol. The Morgan fingerprint density at radius 1 is 1.20 bits per heavy atom. The molecule has 0 spiro atoms. The first-order valence-corrected chi connectivity index (χ1v) is 8.91. The van der Waals surface area contributed by atoms with Crippen LogP contribution in [0.25, 0.3) is 0 Å². The van der Waals surface area contributed by atoms with Crippen LogP contribution in [-0.4, -0.2) is 24.3 Å². The Hall–Kier alpha value is -1.98. The summed E-state index contributed by atoms with van der Waals surface area (Å²) in [4.78, 5) is 23.9. The standard InChI is InChI=1S/C19H26F2N2O2/c1-2-17(24)22-13-10-16(14-6-4-3-5-7-14)23-18(25)15-8-11-19(20,21)12-9-15/h3-7,15-16H,2,8-13H2,1H3,(H,22,24)(H,23,25). The average Bonchev–Trinajstić information content (AvgIpc) is 2.61. The lowest BCUT2D eigenvalue weighted by molar-refractivity contribution is -0.130. The number of halogens is 2. The van der Waals surface area contributed by atoms with Crippen molar-refractivity contribution in [1.82, 2.24) is 10.6 Å². The van der Waals surface area contributed by atoms with Crippen LogP contribution in [0.2, 0.25) is 0 Å². The summed E-state index contributed by atoms with van der Waals surface area (Å²) in [6.45, 7) is 2.24. The van der Waals surface area contributed by atoms with E-state index in [0.29, 0.717) is 19.4 Å². The summed E-state index contributed by atoms with van der Waals surface area (Å²) >= 11 is 0. The highest BCUT2D eigenvalue weighted by molar-refractivity contribution is 5.79. The molecule has 1 saturated carbocycles. The predicted molar refractivity (Wildman–Crippen MR) is 92.1 cm³/mol. The van der Waals surface area contributed by atoms with Gasteiger partial charge in [-0.3, -0.25) is 9.59 Å². The Morgan fingerprint density at radius 3 is 2.44 bits per heavy atom. The van der Waals surface area contributed by atoms with Crippen LogP contribution in [0.5, 0.6) is 0 Å². The first-order valence-electron chi connectivity index (χ1n) is 8.91. The minimum absolute atomic E-state index is 0.0346. The zero-order valence-electron chi connectivity index (χ0n) is 14.6. The summed E-state index contributed by atoms with van der Waals surface area (Å²) in [7, 11) is 0. The van der Waals surface area contributed by atoms with Crippen LogP contribution >= 0.6 is 0 Å². The van der Waals surface area contributed by atoms with Gasteiger partial charge in [-0.05, 0) is 24.8 Å². The van der Waals surface area contributed by atoms with E-state index in [2.05, 4.69) is 10.6 Å². The molecule has 25 heavy (non-hydrogen) atoms. The summed E-state index contributed by atoms with van der Waals surface area (Å²) in [5.74, 6) is -3.21. The van der Waals surface area contributed by atoms with Gasteiger partial charge in [-0.1, -0.05) is 37.3 Å². The quantitative estimate of drug-likeness (QED) is 0.788. The number of alkyl halides is 2. The number of carbonyl (C=O) groups is 2. The smallest absolute Gasteiger partial charge is 0.248 e. The van der Waals surface area contributed by atoms with Crippen molar-refractivity contribution < 1.29 is 18.4 Å². The third-order valence-electron chi connectivity index (χ3n) is 4.68. The lowest BCUT2D eigenvalue weighted by Gasteiger charge is -2.29. The highest BCUT2D eigenvalue weighted by Crippen LogP contribution is 2.36. The normalized spacial score (nSPS) is 18.4. The molecule has 4 nitrogen and oxygen atoms in total. The summed E-state index contributed by atoms with van der Waals surface area (Å²) in [5.41, 5.74) is 0.947. The number of nitrogens with one attached hydrogen (secondary N) is 2. The Labute approximate surface area is 147 Å². The first kappa shape index (κ1) is 19.3. The largest absolute Gasteiger partial charge is 0.356 e. The topological polar surface area (TPSA) is 58.2 Å². The van der Waals surface area contributed by atoms with Crippen LogP contribution in [0, 0.1) is 5.92 Å². The Bertz CT molecular complexity index is 568. The van der Waals surface area contributed by atoms with E-state index in [1.807, 2.05) is 30.3 Å². The van der Waals surface area contributed by atoms with E-state index < -0.39 is 5.92 Å². The van der Waals surface area contributed by atoms with Gasteiger partial charge < -0.3 is 10.6 Å². The Balaban J connectivity index is 1.95. The molecule has 1 aromatic rings. The van der Waals surface area contributed by atoms with Crippen LogP contribution < -0.4 is 10.6 Å². The van der Waals surface area contributed by atoms with Gasteiger partial charge in [0.15, 0.2) is 0 Å². The maximum absolute atomic E-state index is 13.3. The minimum Gasteiger partial charge on any atom is -0.356 e. The number of carbonyl (C=O) groups excluding carboxylic acids is 2. The van der Waals surface area contributed by atoms with Crippen molar-refractivity contribution in [3.63, 3.8) is 0 Å². The second kappa shape index (κ2) is 8.92. The fraction of sp³-hybridized carbons (Fsp3) is 0.579. The van der Waals surface area contributed by atoms with Crippen LogP contribution in [0.15, 0.2) is 30.3 Å². The van der Waals surface area contributed by atoms with E-state index in [1.54, 1.807) is 6.92 Å². The molecule has 2 rings (SSSR count). The van der Waals surface area contributed by atoms with Gasteiger partial charge in [0.25, 0.3) is 0 Å². The van der Waals surface area contributed by atoms with Crippen molar-refractivity contribution in [1.29, 1.82) is 0 Å². The van der Waals surface area contributed by atoms with E-state index in [9.17, 15) is 18.4 Å². The third kappa shape index (κ3) is 6.11. The average molecular weight is 352 g/mol. The minimum atomic E-state index is -2.64. The molecule has 0 saturated heterocycles. The number of hydrogen-bond acceptors (Lipinski definition) is 2. The Morgan fingerprint density at radius 2 is 1.84 bits per heavy atom. The zero-order chi connectivity index (χ0) is 18.3. The van der Waals surface area contributed by atoms with Crippen LogP contribution in [0.4, 0.5) is 8.78 Å². The molecule has 1 aliphatic rings. The second-order valence-corrected chi connectivity index (χ2v) is 6.59. The van der Waals surface area contributed by atoms with Crippen molar-refractivity contribution in [2.45, 2.75) is 57.4 Å². The lowest BCUT2D eigenvalue weighted by atomic mass is 9.86. The predicted octanol–water partition coefficient (Wildman–Crippen LogP) is 3.59. The third-order valence-corrected chi connectivity index (χ3v) is 4.68. The second-order valence-electron chi connectivity index (χ2n) is 6.59. The van der Waals surface area contributed by atoms with Gasteiger partial charge in [-0.25, -0.2) is 8.78 Å². The molecular formula is C19H26F2N2O2. The van der Waals surface area contributed by atoms with Crippen LogP contribution in [-0.2, 0) is 9.59 Å². The Kier molecular flexibility index (Phi) is 6.91. The van der Waals surface area contributed by atoms with Gasteiger partial charge >= 0.3 is 0 Å². The molecule has 0 heterocycles. The first-order chi connectivity index (χ1) is 11.9. The molecule has 1 aliphatic carbocycles. The van der Waals surface area contributed by atoms with Gasteiger partial charge in [0.05, 0.1) is 6.04 Å². The summed E-state index contributed by atoms with van der Waals surface area (Å²) in [5, 5.41) is 5.79. The van der Waals surface area contributed by atoms with E-state index in [0.717, 1.165) is 5.56 Å². The fourth-order valence-corrected chi connectivity index (χ4v) is 3.08. The number of benzene rings is 1. The maximum Gasteiger partial charge on any atom is 0.248 e. The summed E-state index contributed by atoms with van der Waals surface area (Å²) < 4.78 is 26.5. The van der Waals surface area contributed by atoms with Gasteiger partial charge in [-0.2, -0.15) is 0 Å². The fourth-order valence-electron chi connectivity index (χ4n) is 3.08. The molecule has 1 fully saturated rings. The number of hydrogen-bond donors (Lipinski definition) is 2. The molecule has 0 aliphatic heterocycles. The molecule has 2 amide bonds. The molecule has 1 aromatic carbocycles. The molecule has 138 valence electrons. The highest BCUT2D eigenvalue weighted by Gasteiger charge is 2.37. The molecule has 0 bridgehead atoms. The van der Waals surface area contributed by atoms with Gasteiger partial charge in [0, 0.05) is 31.7 Å². The molecule has 1 unspecified atom stereocenters. The lowest BCUT2D eigenvalue weighted by Crippen LogP contribution is -2.39. The summed E-state index contributed by atoms with van der Waals surface area (Å²) in [6.07, 6.45) is 0.949. The molecule has 2 N–H and O–H groups in total. The van der Waals surface area contributed by atoms with Crippen LogP contribution in [0.3, 0.4) is 0 Å². The molecule has 1 atom stereocenters. The van der Waals surface area contributed by atoms with E-state index in [1.165, 1.54) is 0 Å². The monoisotopic (exact) mass is 352 g/mol. The SMILES string of the molecule is CCC(=O)NCCC(NC(=O)C1CCC(F)(F)CC1)c1ccccc1. The van der Waals surface area contributed by atoms with Crippen molar-refractivity contribution in [3.8, 4) is 0 Å². The maximum atomic E-state index is 13.3. The van der Waals surface area contributed by atoms with E-state index >= 15 is 0 Å². The van der Waals surface area contributed by atoms with Gasteiger partial charge in [0.2, 0.25) is 17.7 Å². The van der Waals surface area contributed by atoms with Gasteiger partial charge in [-0.15, -0.1) is 0 Å². The van der Waals surface area contributed by atoms with E-state index in [4.69, 9.17) is 0 Å².